The van der Waals surface area contributed by atoms with E-state index in [0.717, 1.165) is 0 Å². The van der Waals surface area contributed by atoms with Crippen molar-refractivity contribution in [2.75, 3.05) is 17.6 Å². The number of nitrogens with zero attached hydrogens (tertiary/aromatic N) is 2. The van der Waals surface area contributed by atoms with Gasteiger partial charge in [0.25, 0.3) is 0 Å². The van der Waals surface area contributed by atoms with Crippen LogP contribution in [0.1, 0.15) is 0 Å². The van der Waals surface area contributed by atoms with Crippen LogP contribution in [-0.4, -0.2) is 34.2 Å². The van der Waals surface area contributed by atoms with Crippen LogP contribution in [0, 0.1) is 0 Å². The smallest absolute Gasteiger partial charge is 0.244 e. The number of hydrazone groups is 1. The fourth-order valence-corrected chi connectivity index (χ4v) is 2.32. The summed E-state index contributed by atoms with van der Waals surface area (Å²) >= 11 is 1.23. The molecule has 1 aliphatic heterocycles. The summed E-state index contributed by atoms with van der Waals surface area (Å²) < 4.78 is 0. The third-order valence-corrected chi connectivity index (χ3v) is 3.30. The Morgan fingerprint density at radius 3 is 2.83 bits per heavy atom. The number of para-hydroxylation sites is 1. The quantitative estimate of drug-likeness (QED) is 0.612. The molecule has 94 valence electrons. The van der Waals surface area contributed by atoms with Gasteiger partial charge in [-0.15, -0.1) is 0 Å². The molecule has 1 aromatic rings. The van der Waals surface area contributed by atoms with Crippen molar-refractivity contribution in [1.82, 2.24) is 4.90 Å². The molecule has 0 spiro atoms. The second kappa shape index (κ2) is 5.54. The third kappa shape index (κ3) is 2.80. The SMILES string of the molecule is N/N=C1\SCC(=O)N1CC(=O)Nc1ccccc1. The Bertz CT molecular complexity index is 489. The third-order valence-electron chi connectivity index (χ3n) is 2.33. The van der Waals surface area contributed by atoms with Crippen molar-refractivity contribution in [3.8, 4) is 0 Å². The molecule has 0 aliphatic carbocycles. The second-order valence-corrected chi connectivity index (χ2v) is 4.54. The minimum atomic E-state index is -0.279. The molecule has 1 heterocycles. The molecule has 3 N–H and O–H groups in total. The number of rotatable bonds is 3. The van der Waals surface area contributed by atoms with Gasteiger partial charge in [0, 0.05) is 5.69 Å². The van der Waals surface area contributed by atoms with Gasteiger partial charge in [-0.05, 0) is 12.1 Å². The molecule has 1 aliphatic rings. The summed E-state index contributed by atoms with van der Waals surface area (Å²) in [7, 11) is 0. The van der Waals surface area contributed by atoms with Crippen molar-refractivity contribution >= 4 is 34.4 Å². The van der Waals surface area contributed by atoms with Crippen molar-refractivity contribution in [2.45, 2.75) is 0 Å². The molecule has 7 heteroatoms. The highest BCUT2D eigenvalue weighted by atomic mass is 32.2. The van der Waals surface area contributed by atoms with Gasteiger partial charge < -0.3 is 11.2 Å². The molecule has 1 aromatic carbocycles. The van der Waals surface area contributed by atoms with Gasteiger partial charge in [0.15, 0.2) is 5.17 Å². The standard InChI is InChI=1S/C11H12N4O2S/c12-14-11-15(10(17)7-18-11)6-9(16)13-8-4-2-1-3-5-8/h1-5H,6-7,12H2,(H,13,16)/b14-11-. The molecule has 6 nitrogen and oxygen atoms in total. The zero-order valence-corrected chi connectivity index (χ0v) is 10.3. The van der Waals surface area contributed by atoms with Gasteiger partial charge >= 0.3 is 0 Å². The Balaban J connectivity index is 1.97. The summed E-state index contributed by atoms with van der Waals surface area (Å²) in [6.07, 6.45) is 0. The number of amides is 2. The summed E-state index contributed by atoms with van der Waals surface area (Å²) in [5, 5.41) is 6.56. The lowest BCUT2D eigenvalue weighted by Crippen LogP contribution is -2.37. The van der Waals surface area contributed by atoms with Gasteiger partial charge in [-0.25, -0.2) is 0 Å². The Kier molecular flexibility index (Phi) is 3.83. The number of carbonyl (C=O) groups is 2. The maximum absolute atomic E-state index is 11.8. The predicted molar refractivity (Wildman–Crippen MR) is 70.9 cm³/mol. The average Bonchev–Trinajstić information content (AvgIpc) is 2.72. The van der Waals surface area contributed by atoms with Crippen LogP contribution in [0.2, 0.25) is 0 Å². The number of nitrogens with two attached hydrogens (primary N) is 1. The molecular weight excluding hydrogens is 252 g/mol. The van der Waals surface area contributed by atoms with Crippen LogP contribution in [0.25, 0.3) is 0 Å². The summed E-state index contributed by atoms with van der Waals surface area (Å²) in [4.78, 5) is 24.6. The number of carbonyl (C=O) groups excluding carboxylic acids is 2. The average molecular weight is 264 g/mol. The van der Waals surface area contributed by atoms with E-state index in [1.807, 2.05) is 18.2 Å². The fourth-order valence-electron chi connectivity index (χ4n) is 1.52. The lowest BCUT2D eigenvalue weighted by Gasteiger charge is -2.14. The topological polar surface area (TPSA) is 87.8 Å². The fraction of sp³-hybridized carbons (Fsp3) is 0.182. The number of hydrogen-bond acceptors (Lipinski definition) is 5. The van der Waals surface area contributed by atoms with Gasteiger partial charge in [0.1, 0.15) is 6.54 Å². The van der Waals surface area contributed by atoms with Crippen LogP contribution >= 0.6 is 11.8 Å². The van der Waals surface area contributed by atoms with Crippen LogP contribution < -0.4 is 11.2 Å². The van der Waals surface area contributed by atoms with Crippen molar-refractivity contribution < 1.29 is 9.59 Å². The van der Waals surface area contributed by atoms with Crippen molar-refractivity contribution in [2.24, 2.45) is 10.9 Å². The highest BCUT2D eigenvalue weighted by Gasteiger charge is 2.29. The van der Waals surface area contributed by atoms with E-state index in [4.69, 9.17) is 5.84 Å². The molecule has 0 bridgehead atoms. The Morgan fingerprint density at radius 1 is 1.44 bits per heavy atom. The van der Waals surface area contributed by atoms with Crippen LogP contribution in [0.4, 0.5) is 5.69 Å². The summed E-state index contributed by atoms with van der Waals surface area (Å²) in [5.74, 6) is 4.99. The molecule has 18 heavy (non-hydrogen) atoms. The first kappa shape index (κ1) is 12.4. The van der Waals surface area contributed by atoms with E-state index in [0.29, 0.717) is 10.9 Å². The van der Waals surface area contributed by atoms with E-state index in [1.54, 1.807) is 12.1 Å². The largest absolute Gasteiger partial charge is 0.325 e. The van der Waals surface area contributed by atoms with E-state index in [9.17, 15) is 9.59 Å². The Morgan fingerprint density at radius 2 is 2.17 bits per heavy atom. The number of thioether (sulfide) groups is 1. The number of benzene rings is 1. The van der Waals surface area contributed by atoms with E-state index < -0.39 is 0 Å². The van der Waals surface area contributed by atoms with E-state index in [2.05, 4.69) is 10.4 Å². The lowest BCUT2D eigenvalue weighted by atomic mass is 10.3. The van der Waals surface area contributed by atoms with Crippen LogP contribution in [0.15, 0.2) is 35.4 Å². The van der Waals surface area contributed by atoms with Crippen molar-refractivity contribution in [3.05, 3.63) is 30.3 Å². The van der Waals surface area contributed by atoms with Gasteiger partial charge in [0.2, 0.25) is 11.8 Å². The first-order valence-corrected chi connectivity index (χ1v) is 6.25. The number of amidine groups is 1. The summed E-state index contributed by atoms with van der Waals surface area (Å²) in [6, 6.07) is 9.04. The molecule has 0 saturated carbocycles. The molecule has 0 aromatic heterocycles. The number of nitrogens with one attached hydrogen (secondary N) is 1. The molecule has 0 atom stereocenters. The first-order valence-electron chi connectivity index (χ1n) is 5.26. The highest BCUT2D eigenvalue weighted by molar-refractivity contribution is 8.15. The first-order chi connectivity index (χ1) is 8.70. The van der Waals surface area contributed by atoms with Crippen molar-refractivity contribution in [1.29, 1.82) is 0 Å². The Hall–Kier alpha value is -2.02. The molecule has 1 saturated heterocycles. The molecule has 0 radical (unpaired) electrons. The Labute approximate surface area is 108 Å². The van der Waals surface area contributed by atoms with Gasteiger partial charge in [-0.2, -0.15) is 5.10 Å². The summed E-state index contributed by atoms with van der Waals surface area (Å²) in [6.45, 7) is -0.0727. The monoisotopic (exact) mass is 264 g/mol. The van der Waals surface area contributed by atoms with Crippen molar-refractivity contribution in [3.63, 3.8) is 0 Å². The number of hydrogen-bond donors (Lipinski definition) is 2. The van der Waals surface area contributed by atoms with Gasteiger partial charge in [-0.3, -0.25) is 14.5 Å². The lowest BCUT2D eigenvalue weighted by molar-refractivity contribution is -0.128. The van der Waals surface area contributed by atoms with E-state index >= 15 is 0 Å². The summed E-state index contributed by atoms with van der Waals surface area (Å²) in [5.41, 5.74) is 0.688. The molecule has 1 fully saturated rings. The van der Waals surface area contributed by atoms with Gasteiger partial charge in [0.05, 0.1) is 5.75 Å². The van der Waals surface area contributed by atoms with Crippen LogP contribution in [-0.2, 0) is 9.59 Å². The highest BCUT2D eigenvalue weighted by Crippen LogP contribution is 2.18. The normalized spacial score (nSPS) is 17.2. The minimum Gasteiger partial charge on any atom is -0.325 e. The predicted octanol–water partition coefficient (Wildman–Crippen LogP) is 0.430. The second-order valence-electron chi connectivity index (χ2n) is 3.59. The molecule has 2 rings (SSSR count). The van der Waals surface area contributed by atoms with Gasteiger partial charge in [-0.1, -0.05) is 30.0 Å². The molecular formula is C11H12N4O2S. The van der Waals surface area contributed by atoms with E-state index in [-0.39, 0.29) is 24.1 Å². The minimum absolute atomic E-state index is 0.0727. The number of anilines is 1. The maximum Gasteiger partial charge on any atom is 0.244 e. The van der Waals surface area contributed by atoms with Crippen LogP contribution in [0.5, 0.6) is 0 Å². The van der Waals surface area contributed by atoms with E-state index in [1.165, 1.54) is 16.7 Å². The molecule has 0 unspecified atom stereocenters. The van der Waals surface area contributed by atoms with Crippen LogP contribution in [0.3, 0.4) is 0 Å². The zero-order valence-electron chi connectivity index (χ0n) is 9.50. The zero-order chi connectivity index (χ0) is 13.0. The molecule has 2 amide bonds. The maximum atomic E-state index is 11.8.